The quantitative estimate of drug-likeness (QED) is 0.698. The highest BCUT2D eigenvalue weighted by molar-refractivity contribution is 5.46. The second-order valence-corrected chi connectivity index (χ2v) is 3.81. The van der Waals surface area contributed by atoms with Gasteiger partial charge in [-0.25, -0.2) is 0 Å². The van der Waals surface area contributed by atoms with Crippen molar-refractivity contribution in [1.82, 2.24) is 10.3 Å². The van der Waals surface area contributed by atoms with E-state index in [1.807, 2.05) is 20.2 Å². The van der Waals surface area contributed by atoms with Gasteiger partial charge in [-0.1, -0.05) is 0 Å². The van der Waals surface area contributed by atoms with Crippen LogP contribution in [-0.4, -0.2) is 38.3 Å². The standard InChI is InChI=1S/C13H23N3O/c1-4-16(8-9-17-5-2)13-6-7-15-12(10-13)11-14-3/h6-7,10,14H,4-5,8-9,11H2,1-3H3. The van der Waals surface area contributed by atoms with E-state index in [9.17, 15) is 0 Å². The Kier molecular flexibility index (Phi) is 6.58. The molecule has 0 unspecified atom stereocenters. The molecule has 1 heterocycles. The average Bonchev–Trinajstić information content (AvgIpc) is 2.35. The van der Waals surface area contributed by atoms with Crippen LogP contribution in [0.15, 0.2) is 18.3 Å². The number of pyridine rings is 1. The van der Waals surface area contributed by atoms with E-state index in [-0.39, 0.29) is 0 Å². The van der Waals surface area contributed by atoms with Crippen molar-refractivity contribution in [3.8, 4) is 0 Å². The summed E-state index contributed by atoms with van der Waals surface area (Å²) in [5, 5.41) is 3.11. The minimum absolute atomic E-state index is 0.772. The Hall–Kier alpha value is -1.13. The molecule has 96 valence electrons. The largest absolute Gasteiger partial charge is 0.380 e. The summed E-state index contributed by atoms with van der Waals surface area (Å²) in [6.45, 7) is 8.44. The lowest BCUT2D eigenvalue weighted by Crippen LogP contribution is -2.27. The highest BCUT2D eigenvalue weighted by atomic mass is 16.5. The molecule has 0 aliphatic rings. The Labute approximate surface area is 104 Å². The van der Waals surface area contributed by atoms with Gasteiger partial charge in [0.1, 0.15) is 0 Å². The molecule has 0 saturated heterocycles. The van der Waals surface area contributed by atoms with Crippen LogP contribution in [0, 0.1) is 0 Å². The molecule has 0 saturated carbocycles. The summed E-state index contributed by atoms with van der Waals surface area (Å²) in [4.78, 5) is 6.62. The topological polar surface area (TPSA) is 37.4 Å². The number of hydrogen-bond donors (Lipinski definition) is 1. The van der Waals surface area contributed by atoms with E-state index in [0.29, 0.717) is 0 Å². The van der Waals surface area contributed by atoms with Crippen LogP contribution in [0.2, 0.25) is 0 Å². The fraction of sp³-hybridized carbons (Fsp3) is 0.615. The van der Waals surface area contributed by atoms with E-state index >= 15 is 0 Å². The maximum absolute atomic E-state index is 5.40. The van der Waals surface area contributed by atoms with Gasteiger partial charge in [0.15, 0.2) is 0 Å². The molecule has 1 aromatic heterocycles. The SMILES string of the molecule is CCOCCN(CC)c1ccnc(CNC)c1. The van der Waals surface area contributed by atoms with Crippen molar-refractivity contribution < 1.29 is 4.74 Å². The lowest BCUT2D eigenvalue weighted by Gasteiger charge is -2.23. The zero-order valence-corrected chi connectivity index (χ0v) is 11.1. The van der Waals surface area contributed by atoms with Gasteiger partial charge in [0.2, 0.25) is 0 Å². The molecule has 0 radical (unpaired) electrons. The summed E-state index contributed by atoms with van der Waals surface area (Å²) in [5.74, 6) is 0. The van der Waals surface area contributed by atoms with Gasteiger partial charge in [0.25, 0.3) is 0 Å². The van der Waals surface area contributed by atoms with Crippen LogP contribution < -0.4 is 10.2 Å². The van der Waals surface area contributed by atoms with Crippen molar-refractivity contribution in [3.05, 3.63) is 24.0 Å². The Bertz CT molecular complexity index is 317. The first-order valence-corrected chi connectivity index (χ1v) is 6.24. The van der Waals surface area contributed by atoms with Gasteiger partial charge in [-0.2, -0.15) is 0 Å². The van der Waals surface area contributed by atoms with Crippen molar-refractivity contribution in [2.24, 2.45) is 0 Å². The number of rotatable bonds is 8. The molecule has 0 fully saturated rings. The molecule has 0 atom stereocenters. The van der Waals surface area contributed by atoms with E-state index in [4.69, 9.17) is 4.74 Å². The van der Waals surface area contributed by atoms with Gasteiger partial charge in [0.05, 0.1) is 12.3 Å². The van der Waals surface area contributed by atoms with Crippen LogP contribution in [0.5, 0.6) is 0 Å². The summed E-state index contributed by atoms with van der Waals surface area (Å²) in [6.07, 6.45) is 1.87. The highest BCUT2D eigenvalue weighted by Gasteiger charge is 2.05. The molecular weight excluding hydrogens is 214 g/mol. The van der Waals surface area contributed by atoms with Crippen molar-refractivity contribution in [1.29, 1.82) is 0 Å². The second kappa shape index (κ2) is 8.03. The Morgan fingerprint density at radius 1 is 1.41 bits per heavy atom. The molecule has 0 amide bonds. The first-order chi connectivity index (χ1) is 8.31. The minimum Gasteiger partial charge on any atom is -0.380 e. The smallest absolute Gasteiger partial charge is 0.0641 e. The maximum atomic E-state index is 5.40. The molecule has 0 aromatic carbocycles. The molecule has 0 aliphatic heterocycles. The number of anilines is 1. The molecule has 1 N–H and O–H groups in total. The summed E-state index contributed by atoms with van der Waals surface area (Å²) in [6, 6.07) is 4.18. The van der Waals surface area contributed by atoms with E-state index in [1.54, 1.807) is 0 Å². The van der Waals surface area contributed by atoms with E-state index in [1.165, 1.54) is 5.69 Å². The van der Waals surface area contributed by atoms with Crippen LogP contribution in [-0.2, 0) is 11.3 Å². The van der Waals surface area contributed by atoms with Crippen LogP contribution >= 0.6 is 0 Å². The summed E-state index contributed by atoms with van der Waals surface area (Å²) in [7, 11) is 1.93. The lowest BCUT2D eigenvalue weighted by molar-refractivity contribution is 0.154. The molecule has 1 aromatic rings. The van der Waals surface area contributed by atoms with Crippen LogP contribution in [0.25, 0.3) is 0 Å². The van der Waals surface area contributed by atoms with Crippen molar-refractivity contribution in [2.75, 3.05) is 38.3 Å². The molecule has 0 aliphatic carbocycles. The predicted octanol–water partition coefficient (Wildman–Crippen LogP) is 1.66. The van der Waals surface area contributed by atoms with Crippen molar-refractivity contribution in [3.63, 3.8) is 0 Å². The number of ether oxygens (including phenoxy) is 1. The first kappa shape index (κ1) is 13.9. The van der Waals surface area contributed by atoms with Crippen LogP contribution in [0.3, 0.4) is 0 Å². The average molecular weight is 237 g/mol. The number of likely N-dealkylation sites (N-methyl/N-ethyl adjacent to an activating group) is 1. The second-order valence-electron chi connectivity index (χ2n) is 3.81. The van der Waals surface area contributed by atoms with Crippen molar-refractivity contribution in [2.45, 2.75) is 20.4 Å². The zero-order valence-electron chi connectivity index (χ0n) is 11.1. The third kappa shape index (κ3) is 4.71. The van der Waals surface area contributed by atoms with E-state index in [2.05, 4.69) is 34.3 Å². The molecule has 17 heavy (non-hydrogen) atoms. The number of nitrogens with zero attached hydrogens (tertiary/aromatic N) is 2. The number of aromatic nitrogens is 1. The summed E-state index contributed by atoms with van der Waals surface area (Å²) >= 11 is 0. The van der Waals surface area contributed by atoms with Crippen molar-refractivity contribution >= 4 is 5.69 Å². The lowest BCUT2D eigenvalue weighted by atomic mass is 10.3. The third-order valence-electron chi connectivity index (χ3n) is 2.61. The zero-order chi connectivity index (χ0) is 12.5. The normalized spacial score (nSPS) is 10.5. The van der Waals surface area contributed by atoms with Gasteiger partial charge < -0.3 is 15.0 Å². The maximum Gasteiger partial charge on any atom is 0.0641 e. The number of hydrogen-bond acceptors (Lipinski definition) is 4. The third-order valence-corrected chi connectivity index (χ3v) is 2.61. The molecule has 0 bridgehead atoms. The highest BCUT2D eigenvalue weighted by Crippen LogP contribution is 2.14. The van der Waals surface area contributed by atoms with Gasteiger partial charge in [-0.05, 0) is 33.0 Å². The van der Waals surface area contributed by atoms with E-state index < -0.39 is 0 Å². The van der Waals surface area contributed by atoms with Gasteiger partial charge in [-0.15, -0.1) is 0 Å². The Morgan fingerprint density at radius 2 is 2.24 bits per heavy atom. The van der Waals surface area contributed by atoms with Gasteiger partial charge in [-0.3, -0.25) is 4.98 Å². The predicted molar refractivity (Wildman–Crippen MR) is 71.4 cm³/mol. The van der Waals surface area contributed by atoms with E-state index in [0.717, 1.165) is 38.5 Å². The summed E-state index contributed by atoms with van der Waals surface area (Å²) < 4.78 is 5.40. The minimum atomic E-state index is 0.772. The molecule has 0 spiro atoms. The fourth-order valence-electron chi connectivity index (χ4n) is 1.73. The van der Waals surface area contributed by atoms with Crippen LogP contribution in [0.1, 0.15) is 19.5 Å². The Balaban J connectivity index is 2.63. The fourth-order valence-corrected chi connectivity index (χ4v) is 1.73. The molecule has 4 heteroatoms. The van der Waals surface area contributed by atoms with Gasteiger partial charge >= 0.3 is 0 Å². The summed E-state index contributed by atoms with van der Waals surface area (Å²) in [5.41, 5.74) is 2.28. The van der Waals surface area contributed by atoms with Crippen LogP contribution in [0.4, 0.5) is 5.69 Å². The monoisotopic (exact) mass is 237 g/mol. The Morgan fingerprint density at radius 3 is 2.88 bits per heavy atom. The molecular formula is C13H23N3O. The molecule has 1 rings (SSSR count). The number of nitrogens with one attached hydrogen (secondary N) is 1. The molecule has 4 nitrogen and oxygen atoms in total. The first-order valence-electron chi connectivity index (χ1n) is 6.24. The van der Waals surface area contributed by atoms with Gasteiger partial charge in [0, 0.05) is 38.1 Å².